The maximum absolute atomic E-state index is 6.28. The fourth-order valence-electron chi connectivity index (χ4n) is 5.88. The smallest absolute Gasteiger partial charge is 0.188 e. The number of hydrogen-bond donors (Lipinski definition) is 0. The Labute approximate surface area is 276 Å². The van der Waals surface area contributed by atoms with Crippen molar-refractivity contribution < 1.29 is 28.4 Å². The Bertz CT molecular complexity index is 1350. The zero-order chi connectivity index (χ0) is 32.4. The first-order chi connectivity index (χ1) is 22.7. The highest BCUT2D eigenvalue weighted by atomic mass is 16.7. The largest absolute Gasteiger partial charge is 0.494 e. The first-order valence-electron chi connectivity index (χ1n) is 17.3. The van der Waals surface area contributed by atoms with E-state index in [4.69, 9.17) is 28.4 Å². The van der Waals surface area contributed by atoms with Gasteiger partial charge in [0.1, 0.15) is 23.0 Å². The van der Waals surface area contributed by atoms with E-state index in [-0.39, 0.29) is 13.6 Å². The zero-order valence-electron chi connectivity index (χ0n) is 28.5. The molecule has 0 aromatic heterocycles. The number of ether oxygens (including phenoxy) is 6. The van der Waals surface area contributed by atoms with Crippen molar-refractivity contribution in [3.05, 3.63) is 60.7 Å². The van der Waals surface area contributed by atoms with Gasteiger partial charge in [0.2, 0.25) is 0 Å². The van der Waals surface area contributed by atoms with Gasteiger partial charge in [-0.1, -0.05) is 102 Å². The van der Waals surface area contributed by atoms with E-state index < -0.39 is 0 Å². The van der Waals surface area contributed by atoms with Gasteiger partial charge in [-0.3, -0.25) is 0 Å². The SMILES string of the molecule is CCCCCCCCOc1ccc2ccc(OCOC)c(-c3c(OCOC)ccc4ccc(OCCCCCCCC)cc34)c2c1. The minimum Gasteiger partial charge on any atom is -0.494 e. The molecular formula is C40H54O6. The topological polar surface area (TPSA) is 55.4 Å². The van der Waals surface area contributed by atoms with Crippen molar-refractivity contribution >= 4 is 21.5 Å². The van der Waals surface area contributed by atoms with Crippen LogP contribution in [0.2, 0.25) is 0 Å². The molecule has 4 aromatic rings. The molecule has 0 N–H and O–H groups in total. The molecule has 0 atom stereocenters. The third-order valence-corrected chi connectivity index (χ3v) is 8.36. The lowest BCUT2D eigenvalue weighted by Gasteiger charge is -2.20. The van der Waals surface area contributed by atoms with Gasteiger partial charge in [-0.25, -0.2) is 0 Å². The number of fused-ring (bicyclic) bond motifs is 2. The summed E-state index contributed by atoms with van der Waals surface area (Å²) in [6.07, 6.45) is 14.7. The first kappa shape index (κ1) is 35.4. The maximum atomic E-state index is 6.28. The van der Waals surface area contributed by atoms with Gasteiger partial charge in [0.05, 0.1) is 13.2 Å². The van der Waals surface area contributed by atoms with Gasteiger partial charge < -0.3 is 28.4 Å². The summed E-state index contributed by atoms with van der Waals surface area (Å²) < 4.78 is 35.7. The molecule has 250 valence electrons. The van der Waals surface area contributed by atoms with Crippen LogP contribution in [0.3, 0.4) is 0 Å². The Kier molecular flexibility index (Phi) is 15.3. The molecule has 0 aliphatic heterocycles. The van der Waals surface area contributed by atoms with Gasteiger partial charge in [-0.05, 0) is 70.8 Å². The third-order valence-electron chi connectivity index (χ3n) is 8.36. The summed E-state index contributed by atoms with van der Waals surface area (Å²) in [6, 6.07) is 20.8. The average molecular weight is 631 g/mol. The predicted octanol–water partition coefficient (Wildman–Crippen LogP) is 11.1. The molecule has 0 amide bonds. The third kappa shape index (κ3) is 10.3. The van der Waals surface area contributed by atoms with Crippen LogP contribution in [0.15, 0.2) is 60.7 Å². The Morgan fingerprint density at radius 1 is 0.435 bits per heavy atom. The van der Waals surface area contributed by atoms with E-state index in [2.05, 4.69) is 62.4 Å². The van der Waals surface area contributed by atoms with Crippen LogP contribution in [-0.4, -0.2) is 41.0 Å². The second-order valence-electron chi connectivity index (χ2n) is 12.0. The number of rotatable bonds is 23. The van der Waals surface area contributed by atoms with Crippen molar-refractivity contribution in [2.24, 2.45) is 0 Å². The lowest BCUT2D eigenvalue weighted by atomic mass is 9.92. The normalized spacial score (nSPS) is 11.3. The van der Waals surface area contributed by atoms with Gasteiger partial charge in [0, 0.05) is 25.3 Å². The van der Waals surface area contributed by atoms with Crippen LogP contribution < -0.4 is 18.9 Å². The summed E-state index contributed by atoms with van der Waals surface area (Å²) >= 11 is 0. The molecule has 0 aliphatic carbocycles. The van der Waals surface area contributed by atoms with Crippen molar-refractivity contribution in [3.63, 3.8) is 0 Å². The molecule has 0 saturated heterocycles. The molecule has 6 nitrogen and oxygen atoms in total. The van der Waals surface area contributed by atoms with Crippen LogP contribution >= 0.6 is 0 Å². The van der Waals surface area contributed by atoms with Gasteiger partial charge in [0.25, 0.3) is 0 Å². The number of methoxy groups -OCH3 is 2. The fraction of sp³-hybridized carbons (Fsp3) is 0.500. The molecule has 0 saturated carbocycles. The molecule has 6 heteroatoms. The molecule has 0 unspecified atom stereocenters. The second-order valence-corrected chi connectivity index (χ2v) is 12.0. The molecule has 4 rings (SSSR count). The molecule has 4 aromatic carbocycles. The summed E-state index contributed by atoms with van der Waals surface area (Å²) in [5.41, 5.74) is 1.84. The molecule has 0 fully saturated rings. The van der Waals surface area contributed by atoms with Gasteiger partial charge in [0.15, 0.2) is 13.6 Å². The average Bonchev–Trinajstić information content (AvgIpc) is 3.08. The van der Waals surface area contributed by atoms with E-state index >= 15 is 0 Å². The van der Waals surface area contributed by atoms with E-state index in [0.717, 1.165) is 57.0 Å². The first-order valence-corrected chi connectivity index (χ1v) is 17.3. The fourth-order valence-corrected chi connectivity index (χ4v) is 5.88. The van der Waals surface area contributed by atoms with E-state index in [9.17, 15) is 0 Å². The summed E-state index contributed by atoms with van der Waals surface area (Å²) in [5, 5.41) is 4.19. The van der Waals surface area contributed by atoms with Crippen LogP contribution in [0.1, 0.15) is 90.9 Å². The summed E-state index contributed by atoms with van der Waals surface area (Å²) in [6.45, 7) is 6.14. The predicted molar refractivity (Wildman–Crippen MR) is 190 cm³/mol. The van der Waals surface area contributed by atoms with Crippen molar-refractivity contribution in [2.75, 3.05) is 41.0 Å². The minimum atomic E-state index is 0.123. The van der Waals surface area contributed by atoms with Gasteiger partial charge in [-0.15, -0.1) is 0 Å². The molecule has 0 heterocycles. The molecular weight excluding hydrogens is 576 g/mol. The van der Waals surface area contributed by atoms with E-state index in [1.807, 2.05) is 12.1 Å². The summed E-state index contributed by atoms with van der Waals surface area (Å²) in [4.78, 5) is 0. The minimum absolute atomic E-state index is 0.123. The standard InChI is InChI=1S/C40H54O6/c1-5-7-9-11-13-15-25-43-33-21-17-31-19-23-37(45-29-41-3)39(35(31)27-33)40-36-28-34(44-26-16-14-12-10-8-6-2)22-18-32(36)20-24-38(40)46-30-42-4/h17-24,27-28H,5-16,25-26,29-30H2,1-4H3. The van der Waals surface area contributed by atoms with E-state index in [1.54, 1.807) is 14.2 Å². The summed E-state index contributed by atoms with van der Waals surface area (Å²) in [5.74, 6) is 3.09. The summed E-state index contributed by atoms with van der Waals surface area (Å²) in [7, 11) is 3.26. The van der Waals surface area contributed by atoms with Crippen molar-refractivity contribution in [1.29, 1.82) is 0 Å². The molecule has 46 heavy (non-hydrogen) atoms. The Hall–Kier alpha value is -3.48. The van der Waals surface area contributed by atoms with Crippen molar-refractivity contribution in [3.8, 4) is 34.1 Å². The quantitative estimate of drug-likeness (QED) is 0.0600. The highest BCUT2D eigenvalue weighted by Crippen LogP contribution is 2.47. The van der Waals surface area contributed by atoms with Crippen molar-refractivity contribution in [1.82, 2.24) is 0 Å². The number of unbranched alkanes of at least 4 members (excludes halogenated alkanes) is 10. The number of hydrogen-bond acceptors (Lipinski definition) is 6. The van der Waals surface area contributed by atoms with E-state index in [0.29, 0.717) is 24.7 Å². The Balaban J connectivity index is 1.72. The zero-order valence-corrected chi connectivity index (χ0v) is 28.5. The van der Waals surface area contributed by atoms with Crippen molar-refractivity contribution in [2.45, 2.75) is 90.9 Å². The van der Waals surface area contributed by atoms with E-state index in [1.165, 1.54) is 64.2 Å². The number of benzene rings is 4. The second kappa shape index (κ2) is 19.9. The van der Waals surface area contributed by atoms with Gasteiger partial charge in [-0.2, -0.15) is 0 Å². The Morgan fingerprint density at radius 3 is 1.24 bits per heavy atom. The highest BCUT2D eigenvalue weighted by molar-refractivity contribution is 6.10. The van der Waals surface area contributed by atoms with Crippen LogP contribution in [0, 0.1) is 0 Å². The highest BCUT2D eigenvalue weighted by Gasteiger charge is 2.20. The molecule has 0 radical (unpaired) electrons. The van der Waals surface area contributed by atoms with Crippen LogP contribution in [0.25, 0.3) is 32.7 Å². The molecule has 0 aliphatic rings. The molecule has 0 bridgehead atoms. The monoisotopic (exact) mass is 630 g/mol. The van der Waals surface area contributed by atoms with Crippen LogP contribution in [0.5, 0.6) is 23.0 Å². The van der Waals surface area contributed by atoms with Gasteiger partial charge >= 0.3 is 0 Å². The maximum Gasteiger partial charge on any atom is 0.188 e. The van der Waals surface area contributed by atoms with Crippen LogP contribution in [0.4, 0.5) is 0 Å². The van der Waals surface area contributed by atoms with Crippen LogP contribution in [-0.2, 0) is 9.47 Å². The lowest BCUT2D eigenvalue weighted by molar-refractivity contribution is 0.0502. The Morgan fingerprint density at radius 2 is 0.826 bits per heavy atom. The molecule has 0 spiro atoms. The lowest BCUT2D eigenvalue weighted by Crippen LogP contribution is -2.04.